The average molecular weight is 1420 g/mol. The molecule has 19 aromatic rings. The highest BCUT2D eigenvalue weighted by Gasteiger charge is 2.50. The van der Waals surface area contributed by atoms with E-state index in [0.717, 1.165) is 88.3 Å². The van der Waals surface area contributed by atoms with Crippen LogP contribution in [0.15, 0.2) is 291 Å². The lowest BCUT2D eigenvalue weighted by atomic mass is 9.66. The quantitative estimate of drug-likeness (QED) is 0.182. The average Bonchev–Trinajstić information content (AvgIpc) is 1.54. The second-order valence-electron chi connectivity index (χ2n) is 33.0. The lowest BCUT2D eigenvalue weighted by Gasteiger charge is -2.36. The third-order valence-electron chi connectivity index (χ3n) is 28.1. The van der Waals surface area contributed by atoms with Crippen LogP contribution in [0.2, 0.25) is 0 Å². The van der Waals surface area contributed by atoms with Gasteiger partial charge in [-0.15, -0.1) is 0 Å². The summed E-state index contributed by atoms with van der Waals surface area (Å²) in [5.74, 6) is 5.03. The number of nitrogens with zero attached hydrogens (tertiary/aromatic N) is 6. The second kappa shape index (κ2) is 20.2. The Hall–Kier alpha value is -14.1. The zero-order valence-corrected chi connectivity index (χ0v) is 60.0. The lowest BCUT2D eigenvalue weighted by molar-refractivity contribution is 0.636. The second-order valence-corrected chi connectivity index (χ2v) is 33.0. The first kappa shape index (κ1) is 58.0. The molecular formula is C104H58N8. The van der Waals surface area contributed by atoms with Crippen molar-refractivity contribution in [3.63, 3.8) is 0 Å². The summed E-state index contributed by atoms with van der Waals surface area (Å²) in [7, 11) is 0. The molecule has 8 bridgehead atoms. The fourth-order valence-electron chi connectivity index (χ4n) is 23.2. The van der Waals surface area contributed by atoms with Crippen LogP contribution in [0.4, 0.5) is 0 Å². The molecular weight excluding hydrogens is 1360 g/mol. The van der Waals surface area contributed by atoms with Gasteiger partial charge in [0.15, 0.2) is 23.3 Å². The number of fused-ring (bicyclic) bond motifs is 44. The van der Waals surface area contributed by atoms with Crippen LogP contribution >= 0.6 is 0 Å². The van der Waals surface area contributed by atoms with E-state index in [0.29, 0.717) is 93.2 Å². The minimum Gasteiger partial charge on any atom is -0.324 e. The molecule has 10 aliphatic rings. The summed E-state index contributed by atoms with van der Waals surface area (Å²) in [6, 6.07) is 110. The largest absolute Gasteiger partial charge is 0.324 e. The molecule has 0 fully saturated rings. The SMILES string of the molecule is c1cc2c3c(cccc3c1)C1c3cc(-c4ccc5c(c4)-c4nc-5nc5[nH]c(nc6nc(nc7[nH]c(n4)c4ccc(-c8ccc9c(c8)C8c%10cccc%11cccc(c%10%11)C98)cc74)-c4ccc(-c7ccc8c(c7)C7c9cccc%10cccc(c9%10)C87)cc4-6)c4ccc(-c6ccc7c(c6)C6c8cccc9cccc(c89)C76)cc54)ccc3C21. The summed E-state index contributed by atoms with van der Waals surface area (Å²) in [5.41, 5.74) is 38.0. The fraction of sp³-hybridized carbons (Fsp3) is 0.0769. The van der Waals surface area contributed by atoms with E-state index in [4.69, 9.17) is 29.9 Å². The molecule has 16 aromatic carbocycles. The minimum absolute atomic E-state index is 0.325. The standard InChI is InChI=1S/C104H58N8/c1-9-49-13-5-21-73-85(49)69(17-1)89-61-33-25-53(41-77(61)93(73)89)57-29-37-65-81(45-57)101-105-97(65)110-102-83-47-59(55-27-35-63-79(43-55)95-75-23-7-15-51-11-3-19-71(87(51)75)91(63)95)31-39-67(83)99(107-102)112-104-84-48-60(56-28-36-64-80(44-56)96-76-24-8-16-52-12-4-20-72(88(52)76)92(64)96)32-40-68(84)100(108-104)111-103-82-46-58(30-38-66(82)98(106-103)109-101)54-26-34-62-78(42-54)94-74-22-6-14-50-10-2-18-70(86(50)74)90(62)94/h1-48,89-96H,(H2,105,106,107,108,109,110,111,112). The van der Waals surface area contributed by atoms with Crippen molar-refractivity contribution < 1.29 is 0 Å². The molecule has 8 nitrogen and oxygen atoms in total. The third kappa shape index (κ3) is 7.22. The molecule has 8 heteroatoms. The Morgan fingerprint density at radius 1 is 0.170 bits per heavy atom. The minimum atomic E-state index is 0.325. The van der Waals surface area contributed by atoms with Gasteiger partial charge >= 0.3 is 0 Å². The van der Waals surface area contributed by atoms with E-state index in [2.05, 4.69) is 301 Å². The number of aromatic nitrogens is 8. The molecule has 2 aliphatic heterocycles. The normalized spacial score (nSPS) is 19.4. The van der Waals surface area contributed by atoms with Crippen LogP contribution in [-0.2, 0) is 0 Å². The van der Waals surface area contributed by atoms with Crippen molar-refractivity contribution in [2.75, 3.05) is 0 Å². The van der Waals surface area contributed by atoms with Crippen LogP contribution in [0.3, 0.4) is 0 Å². The van der Waals surface area contributed by atoms with Crippen LogP contribution in [0.1, 0.15) is 136 Å². The van der Waals surface area contributed by atoms with E-state index < -0.39 is 0 Å². The Labute approximate surface area is 640 Å². The fourth-order valence-corrected chi connectivity index (χ4v) is 23.2. The van der Waals surface area contributed by atoms with Gasteiger partial charge in [0.05, 0.1) is 0 Å². The highest BCUT2D eigenvalue weighted by atomic mass is 15.1. The molecule has 5 heterocycles. The number of rotatable bonds is 4. The molecule has 2 N–H and O–H groups in total. The zero-order valence-electron chi connectivity index (χ0n) is 60.0. The van der Waals surface area contributed by atoms with Crippen molar-refractivity contribution in [2.24, 2.45) is 0 Å². The van der Waals surface area contributed by atoms with Gasteiger partial charge in [0.1, 0.15) is 22.6 Å². The Morgan fingerprint density at radius 3 is 0.696 bits per heavy atom. The van der Waals surface area contributed by atoms with Crippen LogP contribution in [0, 0.1) is 0 Å². The van der Waals surface area contributed by atoms with Crippen LogP contribution in [0.5, 0.6) is 0 Å². The number of aromatic amines is 2. The van der Waals surface area contributed by atoms with Gasteiger partial charge in [-0.05, 0) is 225 Å². The summed E-state index contributed by atoms with van der Waals surface area (Å²) < 4.78 is 0. The molecule has 0 spiro atoms. The highest BCUT2D eigenvalue weighted by Crippen LogP contribution is 2.66. The maximum absolute atomic E-state index is 5.72. The maximum Gasteiger partial charge on any atom is 0.164 e. The van der Waals surface area contributed by atoms with E-state index in [1.165, 1.54) is 132 Å². The predicted octanol–water partition coefficient (Wildman–Crippen LogP) is 24.5. The molecule has 0 saturated heterocycles. The van der Waals surface area contributed by atoms with Crippen LogP contribution in [0.25, 0.3) is 177 Å². The highest BCUT2D eigenvalue weighted by molar-refractivity contribution is 6.10. The van der Waals surface area contributed by atoms with E-state index in [-0.39, 0.29) is 0 Å². The van der Waals surface area contributed by atoms with Crippen molar-refractivity contribution in [3.05, 3.63) is 380 Å². The van der Waals surface area contributed by atoms with Gasteiger partial charge in [-0.2, -0.15) is 0 Å². The number of hydrogen-bond donors (Lipinski definition) is 2. The lowest BCUT2D eigenvalue weighted by Crippen LogP contribution is -2.22. The van der Waals surface area contributed by atoms with E-state index >= 15 is 0 Å². The number of H-pyrrole nitrogens is 2. The summed E-state index contributed by atoms with van der Waals surface area (Å²) in [6.07, 6.45) is 0. The van der Waals surface area contributed by atoms with Crippen LogP contribution in [-0.4, -0.2) is 39.9 Å². The van der Waals surface area contributed by atoms with Gasteiger partial charge in [0.25, 0.3) is 0 Å². The van der Waals surface area contributed by atoms with Crippen molar-refractivity contribution in [3.8, 4) is 90.1 Å². The Bertz CT molecular complexity index is 7500. The molecule has 3 aromatic heterocycles. The summed E-state index contributed by atoms with van der Waals surface area (Å²) in [4.78, 5) is 41.8. The summed E-state index contributed by atoms with van der Waals surface area (Å²) in [5, 5.41) is 14.6. The molecule has 514 valence electrons. The van der Waals surface area contributed by atoms with E-state index in [9.17, 15) is 0 Å². The van der Waals surface area contributed by atoms with Gasteiger partial charge in [0, 0.05) is 91.1 Å². The molecule has 0 amide bonds. The first-order valence-corrected chi connectivity index (χ1v) is 39.5. The van der Waals surface area contributed by atoms with Gasteiger partial charge in [-0.25, -0.2) is 29.9 Å². The maximum atomic E-state index is 5.72. The molecule has 112 heavy (non-hydrogen) atoms. The molecule has 29 rings (SSSR count). The van der Waals surface area contributed by atoms with Crippen molar-refractivity contribution in [1.29, 1.82) is 0 Å². The van der Waals surface area contributed by atoms with Crippen molar-refractivity contribution in [1.82, 2.24) is 39.9 Å². The molecule has 0 saturated carbocycles. The number of nitrogens with one attached hydrogen (secondary N) is 2. The molecule has 0 radical (unpaired) electrons. The third-order valence-corrected chi connectivity index (χ3v) is 28.1. The van der Waals surface area contributed by atoms with Crippen molar-refractivity contribution >= 4 is 87.2 Å². The molecule has 8 unspecified atom stereocenters. The van der Waals surface area contributed by atoms with E-state index in [1.54, 1.807) is 0 Å². The summed E-state index contributed by atoms with van der Waals surface area (Å²) in [6.45, 7) is 0. The predicted molar refractivity (Wildman–Crippen MR) is 448 cm³/mol. The number of hydrogen-bond acceptors (Lipinski definition) is 6. The van der Waals surface area contributed by atoms with Gasteiger partial charge in [-0.1, -0.05) is 243 Å². The smallest absolute Gasteiger partial charge is 0.164 e. The Kier molecular flexibility index (Phi) is 10.5. The van der Waals surface area contributed by atoms with Gasteiger partial charge < -0.3 is 9.97 Å². The van der Waals surface area contributed by atoms with Crippen LogP contribution < -0.4 is 0 Å². The monoisotopic (exact) mass is 1420 g/mol. The first-order chi connectivity index (χ1) is 55.5. The Morgan fingerprint density at radius 2 is 0.402 bits per heavy atom. The number of benzene rings is 16. The topological polar surface area (TPSA) is 109 Å². The zero-order chi connectivity index (χ0) is 71.9. The van der Waals surface area contributed by atoms with Gasteiger partial charge in [0.2, 0.25) is 0 Å². The molecule has 8 atom stereocenters. The Balaban J connectivity index is 0.637. The van der Waals surface area contributed by atoms with Gasteiger partial charge in [-0.3, -0.25) is 0 Å². The van der Waals surface area contributed by atoms with E-state index in [1.807, 2.05) is 0 Å². The first-order valence-electron chi connectivity index (χ1n) is 39.5. The van der Waals surface area contributed by atoms with Crippen molar-refractivity contribution in [2.45, 2.75) is 47.3 Å². The molecule has 8 aliphatic carbocycles. The summed E-state index contributed by atoms with van der Waals surface area (Å²) >= 11 is 0.